The van der Waals surface area contributed by atoms with Crippen molar-refractivity contribution in [1.82, 2.24) is 15.1 Å². The molecule has 1 spiro atoms. The monoisotopic (exact) mass is 533 g/mol. The van der Waals surface area contributed by atoms with E-state index in [1.165, 1.54) is 20.5 Å². The number of ether oxygens (including phenoxy) is 3. The lowest BCUT2D eigenvalue weighted by Crippen LogP contribution is -2.59. The third-order valence-corrected chi connectivity index (χ3v) is 7.28. The molecule has 39 heavy (non-hydrogen) atoms. The van der Waals surface area contributed by atoms with Crippen molar-refractivity contribution >= 4 is 17.7 Å². The van der Waals surface area contributed by atoms with Gasteiger partial charge in [-0.05, 0) is 42.5 Å². The zero-order chi connectivity index (χ0) is 27.4. The standard InChI is InChI=1S/C29H31N3O7/c1-36-24-11-10-21(17-25(24)37-2)27(34)31-14-12-29(13-15-31)32(28(35)20-7-4-3-5-8-20)23(19-39-29)26(33)30-18-22-9-6-16-38-22/h3-11,16-17,23H,12-15,18-19H2,1-2H3,(H,30,33). The van der Waals surface area contributed by atoms with Crippen LogP contribution in [0.15, 0.2) is 71.3 Å². The van der Waals surface area contributed by atoms with E-state index in [1.807, 2.05) is 6.07 Å². The Bertz CT molecular complexity index is 1320. The molecule has 3 heterocycles. The summed E-state index contributed by atoms with van der Waals surface area (Å²) in [5.74, 6) is 0.858. The lowest BCUT2D eigenvalue weighted by Gasteiger charge is -2.44. The number of hydrogen-bond donors (Lipinski definition) is 1. The Balaban J connectivity index is 1.34. The first-order chi connectivity index (χ1) is 19.0. The Morgan fingerprint density at radius 3 is 2.33 bits per heavy atom. The number of likely N-dealkylation sites (tertiary alicyclic amines) is 1. The van der Waals surface area contributed by atoms with Crippen LogP contribution in [-0.4, -0.2) is 73.2 Å². The molecular formula is C29H31N3O7. The lowest BCUT2D eigenvalue weighted by molar-refractivity contribution is -0.128. The average molecular weight is 534 g/mol. The first-order valence-electron chi connectivity index (χ1n) is 12.8. The highest BCUT2D eigenvalue weighted by Gasteiger charge is 2.54. The number of piperidine rings is 1. The fourth-order valence-electron chi connectivity index (χ4n) is 5.20. The van der Waals surface area contributed by atoms with Crippen molar-refractivity contribution in [2.75, 3.05) is 33.9 Å². The van der Waals surface area contributed by atoms with E-state index in [0.717, 1.165) is 0 Å². The van der Waals surface area contributed by atoms with Gasteiger partial charge < -0.3 is 28.8 Å². The van der Waals surface area contributed by atoms with Crippen molar-refractivity contribution in [3.8, 4) is 11.5 Å². The normalized spacial score (nSPS) is 18.2. The van der Waals surface area contributed by atoms with Gasteiger partial charge in [-0.15, -0.1) is 0 Å². The van der Waals surface area contributed by atoms with Crippen molar-refractivity contribution in [2.45, 2.75) is 31.2 Å². The number of benzene rings is 2. The summed E-state index contributed by atoms with van der Waals surface area (Å²) in [4.78, 5) is 43.7. The molecular weight excluding hydrogens is 502 g/mol. The largest absolute Gasteiger partial charge is 0.493 e. The van der Waals surface area contributed by atoms with Crippen LogP contribution in [0.4, 0.5) is 0 Å². The van der Waals surface area contributed by atoms with Gasteiger partial charge in [-0.3, -0.25) is 19.3 Å². The number of hydrogen-bond acceptors (Lipinski definition) is 7. The maximum Gasteiger partial charge on any atom is 0.256 e. The summed E-state index contributed by atoms with van der Waals surface area (Å²) in [7, 11) is 3.06. The summed E-state index contributed by atoms with van der Waals surface area (Å²) < 4.78 is 22.2. The van der Waals surface area contributed by atoms with Crippen molar-refractivity contribution in [3.63, 3.8) is 0 Å². The van der Waals surface area contributed by atoms with E-state index in [2.05, 4.69) is 5.32 Å². The topological polar surface area (TPSA) is 111 Å². The third kappa shape index (κ3) is 5.20. The fraction of sp³-hybridized carbons (Fsp3) is 0.345. The molecule has 1 aromatic heterocycles. The molecule has 3 aromatic rings. The highest BCUT2D eigenvalue weighted by molar-refractivity contribution is 5.98. The van der Waals surface area contributed by atoms with E-state index in [-0.39, 0.29) is 30.9 Å². The Kier molecular flexibility index (Phi) is 7.56. The maximum atomic E-state index is 13.8. The predicted molar refractivity (Wildman–Crippen MR) is 140 cm³/mol. The molecule has 3 amide bonds. The first-order valence-corrected chi connectivity index (χ1v) is 12.8. The minimum atomic E-state index is -1.01. The van der Waals surface area contributed by atoms with Crippen LogP contribution in [0.5, 0.6) is 11.5 Å². The molecule has 1 unspecified atom stereocenters. The Morgan fingerprint density at radius 2 is 1.67 bits per heavy atom. The molecule has 10 heteroatoms. The molecule has 0 radical (unpaired) electrons. The molecule has 2 aromatic carbocycles. The van der Waals surface area contributed by atoms with Crippen molar-refractivity contribution in [2.24, 2.45) is 0 Å². The van der Waals surface area contributed by atoms with Gasteiger partial charge in [0, 0.05) is 37.1 Å². The molecule has 2 saturated heterocycles. The van der Waals surface area contributed by atoms with E-state index in [9.17, 15) is 14.4 Å². The third-order valence-electron chi connectivity index (χ3n) is 7.28. The Morgan fingerprint density at radius 1 is 0.923 bits per heavy atom. The van der Waals surface area contributed by atoms with E-state index < -0.39 is 11.8 Å². The van der Waals surface area contributed by atoms with Crippen LogP contribution < -0.4 is 14.8 Å². The molecule has 5 rings (SSSR count). The van der Waals surface area contributed by atoms with Gasteiger partial charge in [-0.2, -0.15) is 0 Å². The number of methoxy groups -OCH3 is 2. The lowest BCUT2D eigenvalue weighted by atomic mass is 9.96. The maximum absolute atomic E-state index is 13.8. The highest BCUT2D eigenvalue weighted by Crippen LogP contribution is 2.39. The molecule has 2 fully saturated rings. The molecule has 10 nitrogen and oxygen atoms in total. The minimum Gasteiger partial charge on any atom is -0.493 e. The van der Waals surface area contributed by atoms with Crippen LogP contribution in [0.25, 0.3) is 0 Å². The Hall–Kier alpha value is -4.31. The number of carbonyl (C=O) groups excluding carboxylic acids is 3. The quantitative estimate of drug-likeness (QED) is 0.497. The average Bonchev–Trinajstić information content (AvgIpc) is 3.64. The smallest absolute Gasteiger partial charge is 0.256 e. The molecule has 1 N–H and O–H groups in total. The summed E-state index contributed by atoms with van der Waals surface area (Å²) >= 11 is 0. The number of nitrogens with zero attached hydrogens (tertiary/aromatic N) is 2. The number of amides is 3. The molecule has 0 bridgehead atoms. The summed E-state index contributed by atoms with van der Waals surface area (Å²) in [5.41, 5.74) is -0.0630. The first kappa shape index (κ1) is 26.3. The van der Waals surface area contributed by atoms with Crippen molar-refractivity contribution in [3.05, 3.63) is 83.8 Å². The van der Waals surface area contributed by atoms with Crippen LogP contribution in [0.2, 0.25) is 0 Å². The highest BCUT2D eigenvalue weighted by atomic mass is 16.5. The second-order valence-electron chi connectivity index (χ2n) is 9.47. The number of furan rings is 1. The zero-order valence-electron chi connectivity index (χ0n) is 21.9. The van der Waals surface area contributed by atoms with Crippen LogP contribution in [0.3, 0.4) is 0 Å². The van der Waals surface area contributed by atoms with Crippen LogP contribution in [0.1, 0.15) is 39.3 Å². The van der Waals surface area contributed by atoms with Gasteiger partial charge in [0.25, 0.3) is 11.8 Å². The summed E-state index contributed by atoms with van der Waals surface area (Å²) in [6.45, 7) is 0.974. The fourth-order valence-corrected chi connectivity index (χ4v) is 5.20. The zero-order valence-corrected chi connectivity index (χ0v) is 21.9. The van der Waals surface area contributed by atoms with Crippen LogP contribution >= 0.6 is 0 Å². The number of carbonyl (C=O) groups is 3. The van der Waals surface area contributed by atoms with Gasteiger partial charge in [-0.1, -0.05) is 18.2 Å². The summed E-state index contributed by atoms with van der Waals surface area (Å²) in [6.07, 6.45) is 2.27. The molecule has 204 valence electrons. The van der Waals surface area contributed by atoms with Gasteiger partial charge in [0.15, 0.2) is 11.5 Å². The minimum absolute atomic E-state index is 0.0617. The summed E-state index contributed by atoms with van der Waals surface area (Å²) in [6, 6.07) is 16.6. The predicted octanol–water partition coefficient (Wildman–Crippen LogP) is 3.09. The molecule has 1 atom stereocenters. The van der Waals surface area contributed by atoms with Gasteiger partial charge in [0.1, 0.15) is 17.5 Å². The van der Waals surface area contributed by atoms with Gasteiger partial charge in [0.05, 0.1) is 33.6 Å². The SMILES string of the molecule is COc1ccc(C(=O)N2CCC3(CC2)OCC(C(=O)NCc2ccco2)N3C(=O)c2ccccc2)cc1OC. The number of nitrogens with one attached hydrogen (secondary N) is 1. The number of rotatable bonds is 7. The second kappa shape index (κ2) is 11.2. The van der Waals surface area contributed by atoms with E-state index in [0.29, 0.717) is 54.3 Å². The van der Waals surface area contributed by atoms with E-state index in [1.54, 1.807) is 64.4 Å². The van der Waals surface area contributed by atoms with E-state index >= 15 is 0 Å². The van der Waals surface area contributed by atoms with Crippen LogP contribution in [0, 0.1) is 0 Å². The van der Waals surface area contributed by atoms with Gasteiger partial charge >= 0.3 is 0 Å². The van der Waals surface area contributed by atoms with Crippen molar-refractivity contribution < 1.29 is 33.0 Å². The van der Waals surface area contributed by atoms with Gasteiger partial charge in [-0.25, -0.2) is 0 Å². The second-order valence-corrected chi connectivity index (χ2v) is 9.47. The molecule has 0 saturated carbocycles. The molecule has 0 aliphatic carbocycles. The van der Waals surface area contributed by atoms with E-state index in [4.69, 9.17) is 18.6 Å². The summed E-state index contributed by atoms with van der Waals surface area (Å²) in [5, 5.41) is 2.86. The molecule has 2 aliphatic heterocycles. The van der Waals surface area contributed by atoms with Crippen LogP contribution in [-0.2, 0) is 16.1 Å². The van der Waals surface area contributed by atoms with Crippen molar-refractivity contribution in [1.29, 1.82) is 0 Å². The Labute approximate surface area is 226 Å². The van der Waals surface area contributed by atoms with Gasteiger partial charge in [0.2, 0.25) is 5.91 Å². The molecule has 2 aliphatic rings.